The Morgan fingerprint density at radius 2 is 1.60 bits per heavy atom. The number of morpholine rings is 1. The lowest BCUT2D eigenvalue weighted by molar-refractivity contribution is 0.0729. The van der Waals surface area contributed by atoms with Crippen molar-refractivity contribution < 1.29 is 26.4 Å². The van der Waals surface area contributed by atoms with E-state index < -0.39 is 26.0 Å². The minimum Gasteiger partial charge on any atom is -0.379 e. The fraction of sp³-hybridized carbons (Fsp3) is 0.217. The van der Waals surface area contributed by atoms with E-state index in [0.29, 0.717) is 43.1 Å². The van der Waals surface area contributed by atoms with Crippen molar-refractivity contribution in [3.63, 3.8) is 0 Å². The number of anilines is 2. The van der Waals surface area contributed by atoms with Crippen molar-refractivity contribution in [2.75, 3.05) is 36.3 Å². The van der Waals surface area contributed by atoms with Gasteiger partial charge in [-0.25, -0.2) is 21.8 Å². The molecule has 1 saturated heterocycles. The predicted molar refractivity (Wildman–Crippen MR) is 131 cm³/mol. The Morgan fingerprint density at radius 1 is 0.914 bits per heavy atom. The average Bonchev–Trinajstić information content (AvgIpc) is 2.85. The number of hydrogen-bond acceptors (Lipinski definition) is 7. The van der Waals surface area contributed by atoms with Crippen LogP contribution in [0.25, 0.3) is 0 Å². The molecule has 0 aliphatic carbocycles. The first-order valence-electron chi connectivity index (χ1n) is 10.7. The molecule has 1 aliphatic rings. The maximum atomic E-state index is 12.6. The van der Waals surface area contributed by atoms with Gasteiger partial charge in [-0.3, -0.25) is 9.52 Å². The molecule has 1 amide bonds. The predicted octanol–water partition coefficient (Wildman–Crippen LogP) is 2.30. The van der Waals surface area contributed by atoms with Gasteiger partial charge in [-0.2, -0.15) is 4.31 Å². The maximum absolute atomic E-state index is 12.6. The SMILES string of the molecule is O=C(Nc1ccc(S(=O)(=O)Nc2ccccn2)cc1)c1ccc(CS(=O)(=O)N2CCOCC2)cc1. The van der Waals surface area contributed by atoms with Gasteiger partial charge < -0.3 is 10.1 Å². The normalized spacial score (nSPS) is 14.9. The summed E-state index contributed by atoms with van der Waals surface area (Å²) < 4.78 is 59.1. The summed E-state index contributed by atoms with van der Waals surface area (Å²) in [4.78, 5) is 16.6. The van der Waals surface area contributed by atoms with E-state index in [2.05, 4.69) is 15.0 Å². The summed E-state index contributed by atoms with van der Waals surface area (Å²) in [5, 5.41) is 2.70. The Morgan fingerprint density at radius 3 is 2.23 bits per heavy atom. The molecule has 2 heterocycles. The lowest BCUT2D eigenvalue weighted by Gasteiger charge is -2.26. The molecule has 12 heteroatoms. The molecule has 0 radical (unpaired) electrons. The number of aromatic nitrogens is 1. The van der Waals surface area contributed by atoms with Crippen LogP contribution in [0.15, 0.2) is 77.8 Å². The Bertz CT molecular complexity index is 1370. The maximum Gasteiger partial charge on any atom is 0.263 e. The molecular weight excluding hydrogens is 492 g/mol. The van der Waals surface area contributed by atoms with Crippen LogP contribution in [0, 0.1) is 0 Å². The first-order valence-corrected chi connectivity index (χ1v) is 13.8. The van der Waals surface area contributed by atoms with Gasteiger partial charge in [0, 0.05) is 30.5 Å². The summed E-state index contributed by atoms with van der Waals surface area (Å²) in [6.07, 6.45) is 1.48. The molecule has 1 aliphatic heterocycles. The number of rotatable bonds is 8. The number of amides is 1. The Balaban J connectivity index is 1.37. The zero-order chi connectivity index (χ0) is 24.9. The number of pyridine rings is 1. The van der Waals surface area contributed by atoms with Gasteiger partial charge in [-0.15, -0.1) is 0 Å². The summed E-state index contributed by atoms with van der Waals surface area (Å²) in [6.45, 7) is 1.43. The number of ether oxygens (including phenoxy) is 1. The van der Waals surface area contributed by atoms with Crippen molar-refractivity contribution in [3.05, 3.63) is 84.1 Å². The minimum absolute atomic E-state index is 0.0204. The third-order valence-corrected chi connectivity index (χ3v) is 8.48. The number of nitrogens with zero attached hydrogens (tertiary/aromatic N) is 2. The summed E-state index contributed by atoms with van der Waals surface area (Å²) in [5.74, 6) is -0.363. The van der Waals surface area contributed by atoms with E-state index in [1.54, 1.807) is 36.4 Å². The smallest absolute Gasteiger partial charge is 0.263 e. The lowest BCUT2D eigenvalue weighted by Crippen LogP contribution is -2.41. The molecule has 0 atom stereocenters. The fourth-order valence-electron chi connectivity index (χ4n) is 3.42. The van der Waals surface area contributed by atoms with E-state index in [4.69, 9.17) is 4.74 Å². The molecule has 4 rings (SSSR count). The molecule has 184 valence electrons. The highest BCUT2D eigenvalue weighted by molar-refractivity contribution is 7.92. The van der Waals surface area contributed by atoms with Crippen LogP contribution in [0.5, 0.6) is 0 Å². The molecule has 0 saturated carbocycles. The first-order chi connectivity index (χ1) is 16.7. The Kier molecular flexibility index (Phi) is 7.45. The first kappa shape index (κ1) is 24.8. The monoisotopic (exact) mass is 516 g/mol. The second-order valence-electron chi connectivity index (χ2n) is 7.76. The van der Waals surface area contributed by atoms with Gasteiger partial charge in [0.2, 0.25) is 10.0 Å². The van der Waals surface area contributed by atoms with Gasteiger partial charge in [0.05, 0.1) is 23.9 Å². The van der Waals surface area contributed by atoms with Crippen LogP contribution in [-0.4, -0.2) is 58.3 Å². The zero-order valence-corrected chi connectivity index (χ0v) is 20.3. The molecule has 35 heavy (non-hydrogen) atoms. The van der Waals surface area contributed by atoms with Gasteiger partial charge in [0.1, 0.15) is 5.82 Å². The Hall–Kier alpha value is -3.32. The van der Waals surface area contributed by atoms with Crippen molar-refractivity contribution in [1.29, 1.82) is 0 Å². The second kappa shape index (κ2) is 10.5. The second-order valence-corrected chi connectivity index (χ2v) is 11.4. The number of carbonyl (C=O) groups is 1. The van der Waals surface area contributed by atoms with Crippen molar-refractivity contribution in [3.8, 4) is 0 Å². The van der Waals surface area contributed by atoms with E-state index in [1.807, 2.05) is 0 Å². The number of benzene rings is 2. The fourth-order valence-corrected chi connectivity index (χ4v) is 5.93. The molecule has 0 bridgehead atoms. The van der Waals surface area contributed by atoms with Crippen molar-refractivity contribution in [2.24, 2.45) is 0 Å². The Labute approximate surface area is 204 Å². The minimum atomic E-state index is -3.82. The van der Waals surface area contributed by atoms with E-state index in [0.717, 1.165) is 0 Å². The molecule has 3 aromatic rings. The molecule has 2 N–H and O–H groups in total. The number of nitrogens with one attached hydrogen (secondary N) is 2. The van der Waals surface area contributed by atoms with E-state index in [-0.39, 0.29) is 16.5 Å². The van der Waals surface area contributed by atoms with Crippen LogP contribution in [0.3, 0.4) is 0 Å². The van der Waals surface area contributed by atoms with E-state index in [9.17, 15) is 21.6 Å². The topological polar surface area (TPSA) is 135 Å². The van der Waals surface area contributed by atoms with E-state index in [1.165, 1.54) is 40.8 Å². The standard InChI is InChI=1S/C23H24N4O6S2/c28-23(19-6-4-18(5-7-19)17-34(29,30)27-13-15-33-16-14-27)25-20-8-10-21(11-9-20)35(31,32)26-22-3-1-2-12-24-22/h1-12H,13-17H2,(H,24,26)(H,25,28). The summed E-state index contributed by atoms with van der Waals surface area (Å²) in [6, 6.07) is 16.9. The van der Waals surface area contributed by atoms with Gasteiger partial charge in [-0.05, 0) is 54.1 Å². The number of carbonyl (C=O) groups excluding carboxylic acids is 1. The molecule has 0 unspecified atom stereocenters. The molecule has 10 nitrogen and oxygen atoms in total. The molecule has 0 spiro atoms. The van der Waals surface area contributed by atoms with Crippen LogP contribution in [0.2, 0.25) is 0 Å². The molecule has 1 fully saturated rings. The van der Waals surface area contributed by atoms with E-state index >= 15 is 0 Å². The van der Waals surface area contributed by atoms with Crippen molar-refractivity contribution >= 4 is 37.5 Å². The van der Waals surface area contributed by atoms with Crippen LogP contribution < -0.4 is 10.0 Å². The van der Waals surface area contributed by atoms with Crippen LogP contribution in [0.4, 0.5) is 11.5 Å². The largest absolute Gasteiger partial charge is 0.379 e. The summed E-state index contributed by atoms with van der Waals surface area (Å²) in [5.41, 5.74) is 1.32. The molecule has 2 aromatic carbocycles. The molecular formula is C23H24N4O6S2. The van der Waals surface area contributed by atoms with Gasteiger partial charge >= 0.3 is 0 Å². The van der Waals surface area contributed by atoms with Crippen molar-refractivity contribution in [2.45, 2.75) is 10.6 Å². The summed E-state index contributed by atoms with van der Waals surface area (Å²) >= 11 is 0. The third-order valence-electron chi connectivity index (χ3n) is 5.25. The van der Waals surface area contributed by atoms with Crippen molar-refractivity contribution in [1.82, 2.24) is 9.29 Å². The van der Waals surface area contributed by atoms with Gasteiger partial charge in [0.15, 0.2) is 0 Å². The number of hydrogen-bond donors (Lipinski definition) is 2. The van der Waals surface area contributed by atoms with Crippen LogP contribution in [0.1, 0.15) is 15.9 Å². The van der Waals surface area contributed by atoms with Gasteiger partial charge in [-0.1, -0.05) is 18.2 Å². The average molecular weight is 517 g/mol. The lowest BCUT2D eigenvalue weighted by atomic mass is 10.1. The number of sulfonamides is 2. The molecule has 1 aromatic heterocycles. The zero-order valence-electron chi connectivity index (χ0n) is 18.6. The third kappa shape index (κ3) is 6.42. The highest BCUT2D eigenvalue weighted by Gasteiger charge is 2.24. The van der Waals surface area contributed by atoms with Crippen LogP contribution in [-0.2, 0) is 30.5 Å². The highest BCUT2D eigenvalue weighted by Crippen LogP contribution is 2.18. The quantitative estimate of drug-likeness (QED) is 0.469. The van der Waals surface area contributed by atoms with Crippen LogP contribution >= 0.6 is 0 Å². The highest BCUT2D eigenvalue weighted by atomic mass is 32.2. The summed E-state index contributed by atoms with van der Waals surface area (Å²) in [7, 11) is -7.28. The van der Waals surface area contributed by atoms with Gasteiger partial charge in [0.25, 0.3) is 15.9 Å².